The Kier molecular flexibility index (Phi) is 3.82. The predicted octanol–water partition coefficient (Wildman–Crippen LogP) is 2.28. The first-order valence-corrected chi connectivity index (χ1v) is 6.06. The molecule has 0 saturated heterocycles. The maximum absolute atomic E-state index is 10.2. The molecule has 2 rings (SSSR count). The quantitative estimate of drug-likeness (QED) is 0.846. The van der Waals surface area contributed by atoms with Crippen LogP contribution in [0, 0.1) is 0 Å². The standard InChI is InChI=1S/C13H15ClN2O/c1-16-9-8-15-13(16)12(17)11-4-2-10(3-5-11)6-7-14/h2-5,8-9,12,17H,6-7H2,1H3. The Labute approximate surface area is 106 Å². The first-order valence-electron chi connectivity index (χ1n) is 5.52. The third-order valence-corrected chi connectivity index (χ3v) is 2.97. The van der Waals surface area contributed by atoms with E-state index in [4.69, 9.17) is 11.6 Å². The summed E-state index contributed by atoms with van der Waals surface area (Å²) in [6.45, 7) is 0. The van der Waals surface area contributed by atoms with Crippen LogP contribution in [0.25, 0.3) is 0 Å². The molecule has 1 aromatic carbocycles. The maximum atomic E-state index is 10.2. The number of rotatable bonds is 4. The number of aromatic nitrogens is 2. The highest BCUT2D eigenvalue weighted by Crippen LogP contribution is 2.20. The summed E-state index contributed by atoms with van der Waals surface area (Å²) in [5, 5.41) is 10.2. The Bertz CT molecular complexity index is 478. The summed E-state index contributed by atoms with van der Waals surface area (Å²) in [5.41, 5.74) is 2.02. The van der Waals surface area contributed by atoms with E-state index in [1.165, 1.54) is 5.56 Å². The SMILES string of the molecule is Cn1ccnc1C(O)c1ccc(CCCl)cc1. The van der Waals surface area contributed by atoms with Gasteiger partial charge in [-0.3, -0.25) is 0 Å². The number of aliphatic hydroxyl groups excluding tert-OH is 1. The molecule has 0 aliphatic rings. The molecule has 1 heterocycles. The summed E-state index contributed by atoms with van der Waals surface area (Å²) < 4.78 is 1.82. The molecule has 1 N–H and O–H groups in total. The van der Waals surface area contributed by atoms with Gasteiger partial charge in [0.2, 0.25) is 0 Å². The van der Waals surface area contributed by atoms with Gasteiger partial charge in [0.1, 0.15) is 11.9 Å². The van der Waals surface area contributed by atoms with E-state index in [1.54, 1.807) is 6.20 Å². The van der Waals surface area contributed by atoms with Crippen molar-refractivity contribution in [1.82, 2.24) is 9.55 Å². The van der Waals surface area contributed by atoms with Crippen LogP contribution in [0.5, 0.6) is 0 Å². The molecular formula is C13H15ClN2O. The first kappa shape index (κ1) is 12.1. The molecule has 4 heteroatoms. The fraction of sp³-hybridized carbons (Fsp3) is 0.308. The van der Waals surface area contributed by atoms with E-state index in [2.05, 4.69) is 4.98 Å². The number of aliphatic hydroxyl groups is 1. The number of hydrogen-bond donors (Lipinski definition) is 1. The lowest BCUT2D eigenvalue weighted by Crippen LogP contribution is -2.06. The van der Waals surface area contributed by atoms with Gasteiger partial charge in [0.15, 0.2) is 0 Å². The number of imidazole rings is 1. The minimum atomic E-state index is -0.681. The second kappa shape index (κ2) is 5.34. The molecule has 0 fully saturated rings. The van der Waals surface area contributed by atoms with Crippen molar-refractivity contribution in [3.8, 4) is 0 Å². The number of nitrogens with zero attached hydrogens (tertiary/aromatic N) is 2. The minimum Gasteiger partial charge on any atom is -0.380 e. The fourth-order valence-electron chi connectivity index (χ4n) is 1.77. The van der Waals surface area contributed by atoms with Gasteiger partial charge in [-0.05, 0) is 17.5 Å². The summed E-state index contributed by atoms with van der Waals surface area (Å²) in [6.07, 6.45) is 3.67. The third-order valence-electron chi connectivity index (χ3n) is 2.78. The summed E-state index contributed by atoms with van der Waals surface area (Å²) in [6, 6.07) is 7.82. The highest BCUT2D eigenvalue weighted by atomic mass is 35.5. The van der Waals surface area contributed by atoms with Crippen molar-refractivity contribution in [2.75, 3.05) is 5.88 Å². The minimum absolute atomic E-state index is 0.612. The zero-order valence-electron chi connectivity index (χ0n) is 9.68. The van der Waals surface area contributed by atoms with E-state index in [1.807, 2.05) is 42.1 Å². The monoisotopic (exact) mass is 250 g/mol. The zero-order chi connectivity index (χ0) is 12.3. The van der Waals surface area contributed by atoms with Crippen LogP contribution in [0.4, 0.5) is 0 Å². The van der Waals surface area contributed by atoms with Crippen LogP contribution in [0.3, 0.4) is 0 Å². The Morgan fingerprint density at radius 3 is 2.59 bits per heavy atom. The number of halogens is 1. The number of aryl methyl sites for hydroxylation is 2. The number of benzene rings is 1. The highest BCUT2D eigenvalue weighted by Gasteiger charge is 2.14. The molecule has 2 aromatic rings. The molecule has 0 aliphatic carbocycles. The van der Waals surface area contributed by atoms with E-state index in [0.29, 0.717) is 11.7 Å². The highest BCUT2D eigenvalue weighted by molar-refractivity contribution is 6.17. The number of alkyl halides is 1. The Morgan fingerprint density at radius 1 is 1.35 bits per heavy atom. The summed E-state index contributed by atoms with van der Waals surface area (Å²) >= 11 is 5.68. The number of hydrogen-bond acceptors (Lipinski definition) is 2. The molecule has 17 heavy (non-hydrogen) atoms. The van der Waals surface area contributed by atoms with Gasteiger partial charge in [-0.2, -0.15) is 0 Å². The van der Waals surface area contributed by atoms with Crippen LogP contribution in [-0.4, -0.2) is 20.5 Å². The molecule has 0 aliphatic heterocycles. The van der Waals surface area contributed by atoms with Crippen molar-refractivity contribution in [2.24, 2.45) is 7.05 Å². The van der Waals surface area contributed by atoms with Gasteiger partial charge >= 0.3 is 0 Å². The molecule has 0 bridgehead atoms. The maximum Gasteiger partial charge on any atom is 0.142 e. The van der Waals surface area contributed by atoms with Crippen LogP contribution < -0.4 is 0 Å². The van der Waals surface area contributed by atoms with E-state index in [9.17, 15) is 5.11 Å². The molecule has 0 saturated carbocycles. The predicted molar refractivity (Wildman–Crippen MR) is 68.1 cm³/mol. The molecular weight excluding hydrogens is 236 g/mol. The molecule has 90 valence electrons. The van der Waals surface area contributed by atoms with Gasteiger partial charge in [0.05, 0.1) is 0 Å². The smallest absolute Gasteiger partial charge is 0.142 e. The average molecular weight is 251 g/mol. The lowest BCUT2D eigenvalue weighted by Gasteiger charge is -2.11. The van der Waals surface area contributed by atoms with Crippen LogP contribution in [0.15, 0.2) is 36.7 Å². The Morgan fingerprint density at radius 2 is 2.06 bits per heavy atom. The molecule has 0 spiro atoms. The largest absolute Gasteiger partial charge is 0.380 e. The van der Waals surface area contributed by atoms with E-state index >= 15 is 0 Å². The summed E-state index contributed by atoms with van der Waals surface area (Å²) in [5.74, 6) is 1.26. The molecule has 0 amide bonds. The van der Waals surface area contributed by atoms with E-state index in [-0.39, 0.29) is 0 Å². The second-order valence-corrected chi connectivity index (χ2v) is 4.36. The molecule has 1 aromatic heterocycles. The van der Waals surface area contributed by atoms with Gasteiger partial charge in [-0.15, -0.1) is 11.6 Å². The van der Waals surface area contributed by atoms with Crippen LogP contribution >= 0.6 is 11.6 Å². The van der Waals surface area contributed by atoms with Gasteiger partial charge in [-0.25, -0.2) is 4.98 Å². The lowest BCUT2D eigenvalue weighted by molar-refractivity contribution is 0.206. The average Bonchev–Trinajstić information content (AvgIpc) is 2.76. The van der Waals surface area contributed by atoms with Crippen LogP contribution in [0.2, 0.25) is 0 Å². The van der Waals surface area contributed by atoms with Crippen LogP contribution in [0.1, 0.15) is 23.1 Å². The second-order valence-electron chi connectivity index (χ2n) is 3.98. The Hall–Kier alpha value is -1.32. The fourth-order valence-corrected chi connectivity index (χ4v) is 1.98. The van der Waals surface area contributed by atoms with Crippen LogP contribution in [-0.2, 0) is 13.5 Å². The molecule has 3 nitrogen and oxygen atoms in total. The third kappa shape index (κ3) is 2.68. The van der Waals surface area contributed by atoms with Crippen molar-refractivity contribution in [2.45, 2.75) is 12.5 Å². The summed E-state index contributed by atoms with van der Waals surface area (Å²) in [4.78, 5) is 4.14. The van der Waals surface area contributed by atoms with Gasteiger partial charge in [-0.1, -0.05) is 24.3 Å². The van der Waals surface area contributed by atoms with E-state index < -0.39 is 6.10 Å². The Balaban J connectivity index is 2.20. The molecule has 1 atom stereocenters. The summed E-state index contributed by atoms with van der Waals surface area (Å²) in [7, 11) is 1.87. The van der Waals surface area contributed by atoms with Crippen molar-refractivity contribution < 1.29 is 5.11 Å². The van der Waals surface area contributed by atoms with Gasteiger partial charge in [0.25, 0.3) is 0 Å². The van der Waals surface area contributed by atoms with Crippen molar-refractivity contribution in [3.05, 3.63) is 53.6 Å². The molecule has 1 unspecified atom stereocenters. The normalized spacial score (nSPS) is 12.6. The molecule has 0 radical (unpaired) electrons. The first-order chi connectivity index (χ1) is 8.22. The lowest BCUT2D eigenvalue weighted by atomic mass is 10.1. The van der Waals surface area contributed by atoms with Crippen molar-refractivity contribution in [3.63, 3.8) is 0 Å². The van der Waals surface area contributed by atoms with Crippen molar-refractivity contribution >= 4 is 11.6 Å². The van der Waals surface area contributed by atoms with Crippen molar-refractivity contribution in [1.29, 1.82) is 0 Å². The van der Waals surface area contributed by atoms with E-state index in [0.717, 1.165) is 12.0 Å². The topological polar surface area (TPSA) is 38.0 Å². The van der Waals surface area contributed by atoms with Gasteiger partial charge < -0.3 is 9.67 Å². The zero-order valence-corrected chi connectivity index (χ0v) is 10.4. The van der Waals surface area contributed by atoms with Gasteiger partial charge in [0, 0.05) is 25.3 Å².